The monoisotopic (exact) mass is 390 g/mol. The predicted octanol–water partition coefficient (Wildman–Crippen LogP) is 4.05. The molecule has 1 aromatic carbocycles. The van der Waals surface area contributed by atoms with Crippen molar-refractivity contribution in [3.05, 3.63) is 69.7 Å². The lowest BCUT2D eigenvalue weighted by Gasteiger charge is -2.27. The minimum Gasteiger partial charge on any atom is -0.331 e. The molecular formula is C18H13Cl2FN4O. The van der Waals surface area contributed by atoms with E-state index in [1.807, 2.05) is 10.7 Å². The van der Waals surface area contributed by atoms with E-state index < -0.39 is 5.82 Å². The normalized spacial score (nSPS) is 13.6. The Hall–Kier alpha value is -2.44. The van der Waals surface area contributed by atoms with E-state index in [0.29, 0.717) is 30.4 Å². The van der Waals surface area contributed by atoms with Crippen LogP contribution in [-0.2, 0) is 13.1 Å². The SMILES string of the molecule is O=C(c1cc(F)cc(Cl)c1)N1CCn2nc(-c3ccc(Cl)cn3)cc2C1. The van der Waals surface area contributed by atoms with Crippen LogP contribution in [0.1, 0.15) is 16.1 Å². The first-order valence-corrected chi connectivity index (χ1v) is 8.69. The first kappa shape index (κ1) is 17.0. The largest absolute Gasteiger partial charge is 0.331 e. The lowest BCUT2D eigenvalue weighted by Crippen LogP contribution is -2.38. The maximum atomic E-state index is 13.5. The third-order valence-electron chi connectivity index (χ3n) is 4.18. The highest BCUT2D eigenvalue weighted by Crippen LogP contribution is 2.23. The number of fused-ring (bicyclic) bond motifs is 1. The van der Waals surface area contributed by atoms with Crippen molar-refractivity contribution >= 4 is 29.1 Å². The average Bonchev–Trinajstić information content (AvgIpc) is 3.04. The number of hydrogen-bond donors (Lipinski definition) is 0. The van der Waals surface area contributed by atoms with Crippen LogP contribution < -0.4 is 0 Å². The maximum Gasteiger partial charge on any atom is 0.254 e. The summed E-state index contributed by atoms with van der Waals surface area (Å²) in [5, 5.41) is 5.30. The molecule has 1 amide bonds. The van der Waals surface area contributed by atoms with Crippen LogP contribution in [0, 0.1) is 5.82 Å². The quantitative estimate of drug-likeness (QED) is 0.663. The van der Waals surface area contributed by atoms with E-state index in [4.69, 9.17) is 23.2 Å². The van der Waals surface area contributed by atoms with Crippen LogP contribution >= 0.6 is 23.2 Å². The van der Waals surface area contributed by atoms with E-state index in [9.17, 15) is 9.18 Å². The Labute approximate surface area is 159 Å². The summed E-state index contributed by atoms with van der Waals surface area (Å²) in [7, 11) is 0. The molecule has 8 heteroatoms. The average molecular weight is 391 g/mol. The summed E-state index contributed by atoms with van der Waals surface area (Å²) in [6.45, 7) is 1.42. The molecule has 1 aliphatic heterocycles. The molecule has 1 aliphatic rings. The molecule has 0 N–H and O–H groups in total. The van der Waals surface area contributed by atoms with Crippen LogP contribution in [0.25, 0.3) is 11.4 Å². The lowest BCUT2D eigenvalue weighted by atomic mass is 10.1. The van der Waals surface area contributed by atoms with Gasteiger partial charge in [0.25, 0.3) is 5.91 Å². The van der Waals surface area contributed by atoms with Gasteiger partial charge in [-0.1, -0.05) is 23.2 Å². The van der Waals surface area contributed by atoms with Crippen molar-refractivity contribution in [3.8, 4) is 11.4 Å². The molecule has 4 rings (SSSR count). The fraction of sp³-hybridized carbons (Fsp3) is 0.167. The molecule has 132 valence electrons. The molecule has 26 heavy (non-hydrogen) atoms. The minimum absolute atomic E-state index is 0.200. The number of rotatable bonds is 2. The predicted molar refractivity (Wildman–Crippen MR) is 96.6 cm³/mol. The molecular weight excluding hydrogens is 378 g/mol. The number of nitrogens with zero attached hydrogens (tertiary/aromatic N) is 4. The Morgan fingerprint density at radius 2 is 1.88 bits per heavy atom. The Morgan fingerprint density at radius 3 is 2.62 bits per heavy atom. The van der Waals surface area contributed by atoms with Crippen molar-refractivity contribution in [2.75, 3.05) is 6.54 Å². The molecule has 0 radical (unpaired) electrons. The first-order chi connectivity index (χ1) is 12.5. The minimum atomic E-state index is -0.529. The van der Waals surface area contributed by atoms with Gasteiger partial charge in [0.1, 0.15) is 11.5 Å². The lowest BCUT2D eigenvalue weighted by molar-refractivity contribution is 0.0705. The highest BCUT2D eigenvalue weighted by atomic mass is 35.5. The zero-order valence-corrected chi connectivity index (χ0v) is 15.0. The van der Waals surface area contributed by atoms with Gasteiger partial charge in [0.15, 0.2) is 0 Å². The molecule has 3 heterocycles. The number of carbonyl (C=O) groups excluding carboxylic acids is 1. The summed E-state index contributed by atoms with van der Waals surface area (Å²) in [5.74, 6) is -0.788. The van der Waals surface area contributed by atoms with Crippen LogP contribution in [0.3, 0.4) is 0 Å². The van der Waals surface area contributed by atoms with E-state index in [-0.39, 0.29) is 16.5 Å². The molecule has 0 saturated carbocycles. The van der Waals surface area contributed by atoms with Gasteiger partial charge in [0, 0.05) is 23.3 Å². The highest BCUT2D eigenvalue weighted by Gasteiger charge is 2.24. The van der Waals surface area contributed by atoms with E-state index in [1.54, 1.807) is 23.2 Å². The van der Waals surface area contributed by atoms with E-state index in [0.717, 1.165) is 11.4 Å². The van der Waals surface area contributed by atoms with Gasteiger partial charge < -0.3 is 4.90 Å². The smallest absolute Gasteiger partial charge is 0.254 e. The summed E-state index contributed by atoms with van der Waals surface area (Å²) < 4.78 is 15.4. The molecule has 2 aromatic heterocycles. The molecule has 0 fully saturated rings. The number of benzene rings is 1. The molecule has 5 nitrogen and oxygen atoms in total. The summed E-state index contributed by atoms with van der Waals surface area (Å²) in [5.41, 5.74) is 2.56. The van der Waals surface area contributed by atoms with Gasteiger partial charge in [0.05, 0.1) is 29.5 Å². The highest BCUT2D eigenvalue weighted by molar-refractivity contribution is 6.31. The number of amides is 1. The second-order valence-corrected chi connectivity index (χ2v) is 6.86. The Morgan fingerprint density at radius 1 is 1.04 bits per heavy atom. The summed E-state index contributed by atoms with van der Waals surface area (Å²) in [6, 6.07) is 9.30. The van der Waals surface area contributed by atoms with Crippen LogP contribution in [0.15, 0.2) is 42.6 Å². The van der Waals surface area contributed by atoms with Gasteiger partial charge in [-0.2, -0.15) is 5.10 Å². The fourth-order valence-electron chi connectivity index (χ4n) is 2.95. The Bertz CT molecular complexity index is 967. The van der Waals surface area contributed by atoms with Crippen LogP contribution in [0.5, 0.6) is 0 Å². The maximum absolute atomic E-state index is 13.5. The standard InChI is InChI=1S/C18H13Cl2FN4O/c19-12-1-2-16(22-9-12)17-8-15-10-24(3-4-25(15)23-17)18(26)11-5-13(20)7-14(21)6-11/h1-2,5-9H,3-4,10H2. The number of halogens is 3. The van der Waals surface area contributed by atoms with Crippen LogP contribution in [-0.4, -0.2) is 32.1 Å². The molecule has 0 atom stereocenters. The molecule has 0 aliphatic carbocycles. The Kier molecular flexibility index (Phi) is 4.38. The van der Waals surface area contributed by atoms with Gasteiger partial charge in [-0.05, 0) is 36.4 Å². The van der Waals surface area contributed by atoms with E-state index in [1.165, 1.54) is 18.2 Å². The van der Waals surface area contributed by atoms with Crippen molar-refractivity contribution in [1.82, 2.24) is 19.7 Å². The topological polar surface area (TPSA) is 51.0 Å². The van der Waals surface area contributed by atoms with Crippen molar-refractivity contribution < 1.29 is 9.18 Å². The van der Waals surface area contributed by atoms with Crippen LogP contribution in [0.2, 0.25) is 10.0 Å². The molecule has 0 spiro atoms. The second-order valence-electron chi connectivity index (χ2n) is 5.99. The van der Waals surface area contributed by atoms with Crippen molar-refractivity contribution in [2.45, 2.75) is 13.1 Å². The van der Waals surface area contributed by atoms with Gasteiger partial charge in [-0.25, -0.2) is 4.39 Å². The summed E-state index contributed by atoms with van der Waals surface area (Å²) in [4.78, 5) is 18.6. The van der Waals surface area contributed by atoms with Gasteiger partial charge in [-0.15, -0.1) is 0 Å². The molecule has 0 unspecified atom stereocenters. The zero-order valence-electron chi connectivity index (χ0n) is 13.5. The number of carbonyl (C=O) groups is 1. The summed E-state index contributed by atoms with van der Waals surface area (Å²) >= 11 is 11.7. The van der Waals surface area contributed by atoms with Gasteiger partial charge in [-0.3, -0.25) is 14.5 Å². The zero-order chi connectivity index (χ0) is 18.3. The molecule has 3 aromatic rings. The summed E-state index contributed by atoms with van der Waals surface area (Å²) in [6.07, 6.45) is 1.57. The van der Waals surface area contributed by atoms with Crippen molar-refractivity contribution in [3.63, 3.8) is 0 Å². The number of hydrogen-bond acceptors (Lipinski definition) is 3. The molecule has 0 bridgehead atoms. The van der Waals surface area contributed by atoms with Crippen molar-refractivity contribution in [1.29, 1.82) is 0 Å². The van der Waals surface area contributed by atoms with Crippen molar-refractivity contribution in [2.24, 2.45) is 0 Å². The fourth-order valence-corrected chi connectivity index (χ4v) is 3.29. The first-order valence-electron chi connectivity index (χ1n) is 7.93. The van der Waals surface area contributed by atoms with Gasteiger partial charge in [0.2, 0.25) is 0 Å². The van der Waals surface area contributed by atoms with E-state index >= 15 is 0 Å². The number of aromatic nitrogens is 3. The second kappa shape index (κ2) is 6.70. The third-order valence-corrected chi connectivity index (χ3v) is 4.63. The third kappa shape index (κ3) is 3.30. The van der Waals surface area contributed by atoms with Gasteiger partial charge >= 0.3 is 0 Å². The number of pyridine rings is 1. The Balaban J connectivity index is 1.58. The van der Waals surface area contributed by atoms with E-state index in [2.05, 4.69) is 10.1 Å². The molecule has 0 saturated heterocycles. The van der Waals surface area contributed by atoms with Crippen LogP contribution in [0.4, 0.5) is 4.39 Å².